The minimum Gasteiger partial charge on any atom is -0.412 e. The second-order valence-corrected chi connectivity index (χ2v) is 10.4. The van der Waals surface area contributed by atoms with Crippen molar-refractivity contribution < 1.29 is 5.48 Å². The molecule has 0 heterocycles. The maximum atomic E-state index is 2.49. The fourth-order valence-corrected chi connectivity index (χ4v) is 6.38. The van der Waals surface area contributed by atoms with Crippen molar-refractivity contribution in [2.24, 2.45) is 0 Å². The van der Waals surface area contributed by atoms with E-state index in [1.165, 1.54) is 10.9 Å². The van der Waals surface area contributed by atoms with E-state index in [4.69, 9.17) is 0 Å². The van der Waals surface area contributed by atoms with E-state index in [1.807, 2.05) is 0 Å². The molecule has 12 heavy (non-hydrogen) atoms. The van der Waals surface area contributed by atoms with Gasteiger partial charge >= 0.3 is 76.4 Å². The minimum atomic E-state index is -1.09. The molecule has 0 saturated carbocycles. The average molecular weight is 272 g/mol. The second kappa shape index (κ2) is 6.49. The van der Waals surface area contributed by atoms with Crippen molar-refractivity contribution in [3.8, 4) is 0 Å². The number of benzene rings is 1. The standard InChI is InChI=1S/C6H5.C3H7.CH3.H2O.Sn/c1-2-4-6-5-3-1;1-3-2;;;/h1-5H;1,3H2,2H3;1H3;1H2;. The van der Waals surface area contributed by atoms with Crippen LogP contribution in [0.4, 0.5) is 0 Å². The first kappa shape index (κ1) is 12.0. The predicted octanol–water partition coefficient (Wildman–Crippen LogP) is 1.60. The zero-order valence-electron chi connectivity index (χ0n) is 7.80. The fourth-order valence-electron chi connectivity index (χ4n) is 1.24. The Balaban J connectivity index is 0.00000121. The molecule has 1 rings (SSSR count). The fraction of sp³-hybridized carbons (Fsp3) is 0.400. The van der Waals surface area contributed by atoms with Crippen LogP contribution < -0.4 is 3.58 Å². The summed E-state index contributed by atoms with van der Waals surface area (Å²) in [5.41, 5.74) is 0. The molecule has 1 radical (unpaired) electrons. The van der Waals surface area contributed by atoms with Crippen molar-refractivity contribution in [1.82, 2.24) is 0 Å². The normalized spacial score (nSPS) is 9.58. The molecule has 1 aromatic carbocycles. The molecule has 0 atom stereocenters. The number of hydrogen-bond donors (Lipinski definition) is 0. The Kier molecular flexibility index (Phi) is 6.48. The molecule has 0 aliphatic rings. The topological polar surface area (TPSA) is 31.5 Å². The van der Waals surface area contributed by atoms with Crippen LogP contribution in [0.3, 0.4) is 0 Å². The van der Waals surface area contributed by atoms with E-state index in [2.05, 4.69) is 42.2 Å². The molecule has 0 unspecified atom stereocenters. The van der Waals surface area contributed by atoms with Crippen LogP contribution in [0.1, 0.15) is 13.3 Å². The van der Waals surface area contributed by atoms with E-state index < -0.39 is 19.8 Å². The molecular weight excluding hydrogens is 255 g/mol. The Bertz CT molecular complexity index is 198. The summed E-state index contributed by atoms with van der Waals surface area (Å²) in [7, 11) is 0. The number of rotatable bonds is 3. The molecule has 0 aliphatic carbocycles. The SMILES string of the molecule is CC[CH2][Sn]([CH3])[c]1ccccc1.O. The summed E-state index contributed by atoms with van der Waals surface area (Å²) in [6.45, 7) is 2.28. The zero-order valence-corrected chi connectivity index (χ0v) is 10.7. The van der Waals surface area contributed by atoms with E-state index in [-0.39, 0.29) is 5.48 Å². The van der Waals surface area contributed by atoms with Gasteiger partial charge in [0.1, 0.15) is 0 Å². The molecule has 2 N–H and O–H groups in total. The predicted molar refractivity (Wildman–Crippen MR) is 56.4 cm³/mol. The summed E-state index contributed by atoms with van der Waals surface area (Å²) in [5, 5.41) is 0. The molecule has 0 aliphatic heterocycles. The van der Waals surface area contributed by atoms with Gasteiger partial charge < -0.3 is 5.48 Å². The molecule has 1 aromatic rings. The van der Waals surface area contributed by atoms with Crippen LogP contribution in [0.2, 0.25) is 9.38 Å². The first-order chi connectivity index (χ1) is 5.34. The van der Waals surface area contributed by atoms with Gasteiger partial charge in [-0.15, -0.1) is 0 Å². The summed E-state index contributed by atoms with van der Waals surface area (Å²) in [5.74, 6) is 0. The first-order valence-electron chi connectivity index (χ1n) is 4.22. The van der Waals surface area contributed by atoms with Crippen LogP contribution in [0.5, 0.6) is 0 Å². The third kappa shape index (κ3) is 3.59. The Morgan fingerprint density at radius 1 is 1.17 bits per heavy atom. The second-order valence-electron chi connectivity index (χ2n) is 2.90. The van der Waals surface area contributed by atoms with Crippen molar-refractivity contribution >= 4 is 23.3 Å². The Morgan fingerprint density at radius 2 is 1.75 bits per heavy atom. The van der Waals surface area contributed by atoms with Crippen LogP contribution in [0.15, 0.2) is 30.3 Å². The van der Waals surface area contributed by atoms with Gasteiger partial charge in [0.05, 0.1) is 0 Å². The smallest absolute Gasteiger partial charge is 0.412 e. The van der Waals surface area contributed by atoms with E-state index in [0.29, 0.717) is 0 Å². The molecule has 0 fully saturated rings. The molecule has 1 nitrogen and oxygen atoms in total. The average Bonchev–Trinajstić information content (AvgIpc) is 2.07. The van der Waals surface area contributed by atoms with Crippen molar-refractivity contribution in [1.29, 1.82) is 0 Å². The van der Waals surface area contributed by atoms with Crippen molar-refractivity contribution in [3.63, 3.8) is 0 Å². The largest absolute Gasteiger partial charge is 0.412 e. The quantitative estimate of drug-likeness (QED) is 0.748. The maximum Gasteiger partial charge on any atom is -0.412 e. The molecule has 0 amide bonds. The van der Waals surface area contributed by atoms with E-state index in [1.54, 1.807) is 3.58 Å². The van der Waals surface area contributed by atoms with Gasteiger partial charge in [-0.3, -0.25) is 0 Å². The van der Waals surface area contributed by atoms with Crippen LogP contribution in [0, 0.1) is 0 Å². The third-order valence-corrected chi connectivity index (χ3v) is 9.22. The maximum absolute atomic E-state index is 2.49. The van der Waals surface area contributed by atoms with Crippen LogP contribution in [-0.4, -0.2) is 25.2 Å². The van der Waals surface area contributed by atoms with Crippen LogP contribution in [0.25, 0.3) is 0 Å². The van der Waals surface area contributed by atoms with E-state index in [9.17, 15) is 0 Å². The first-order valence-corrected chi connectivity index (χ1v) is 10.5. The third-order valence-electron chi connectivity index (χ3n) is 1.89. The van der Waals surface area contributed by atoms with Gasteiger partial charge in [0, 0.05) is 0 Å². The molecular formula is C10H17OSn. The van der Waals surface area contributed by atoms with Gasteiger partial charge in [0.15, 0.2) is 0 Å². The van der Waals surface area contributed by atoms with Crippen LogP contribution in [-0.2, 0) is 0 Å². The molecule has 0 aromatic heterocycles. The van der Waals surface area contributed by atoms with Crippen molar-refractivity contribution in [2.75, 3.05) is 0 Å². The van der Waals surface area contributed by atoms with Gasteiger partial charge in [-0.05, 0) is 0 Å². The van der Waals surface area contributed by atoms with Gasteiger partial charge in [-0.1, -0.05) is 0 Å². The molecule has 0 spiro atoms. The molecule has 0 bridgehead atoms. The summed E-state index contributed by atoms with van der Waals surface area (Å²) < 4.78 is 3.16. The summed E-state index contributed by atoms with van der Waals surface area (Å²) >= 11 is -1.09. The van der Waals surface area contributed by atoms with E-state index >= 15 is 0 Å². The van der Waals surface area contributed by atoms with Gasteiger partial charge in [0.25, 0.3) is 0 Å². The number of hydrogen-bond acceptors (Lipinski definition) is 0. The summed E-state index contributed by atoms with van der Waals surface area (Å²) in [6, 6.07) is 11.0. The monoisotopic (exact) mass is 273 g/mol. The summed E-state index contributed by atoms with van der Waals surface area (Å²) in [4.78, 5) is 2.49. The Labute approximate surface area is 81.9 Å². The van der Waals surface area contributed by atoms with Gasteiger partial charge in [-0.25, -0.2) is 0 Å². The Morgan fingerprint density at radius 3 is 2.25 bits per heavy atom. The zero-order chi connectivity index (χ0) is 8.10. The Hall–Kier alpha value is -0.0213. The molecule has 0 saturated heterocycles. The summed E-state index contributed by atoms with van der Waals surface area (Å²) in [6.07, 6.45) is 1.36. The van der Waals surface area contributed by atoms with Gasteiger partial charge in [0.2, 0.25) is 0 Å². The van der Waals surface area contributed by atoms with Gasteiger partial charge in [-0.2, -0.15) is 0 Å². The van der Waals surface area contributed by atoms with Crippen LogP contribution >= 0.6 is 0 Å². The van der Waals surface area contributed by atoms with Crippen molar-refractivity contribution in [2.45, 2.75) is 22.7 Å². The van der Waals surface area contributed by atoms with Crippen molar-refractivity contribution in [3.05, 3.63) is 30.3 Å². The van der Waals surface area contributed by atoms with E-state index in [0.717, 1.165) is 0 Å². The molecule has 67 valence electrons. The minimum absolute atomic E-state index is 0. The molecule has 2 heteroatoms.